The smallest absolute Gasteiger partial charge is 0.335 e. The number of hydrogen-bond acceptors (Lipinski definition) is 2. The second-order valence-electron chi connectivity index (χ2n) is 5.91. The van der Waals surface area contributed by atoms with Gasteiger partial charge in [0.1, 0.15) is 0 Å². The Balaban J connectivity index is 2.18. The van der Waals surface area contributed by atoms with Crippen molar-refractivity contribution in [1.29, 1.82) is 0 Å². The van der Waals surface area contributed by atoms with Crippen molar-refractivity contribution >= 4 is 11.9 Å². The number of carbonyl (C=O) groups is 2. The van der Waals surface area contributed by atoms with Crippen LogP contribution >= 0.6 is 0 Å². The first-order chi connectivity index (χ1) is 9.40. The van der Waals surface area contributed by atoms with Crippen molar-refractivity contribution in [1.82, 2.24) is 4.90 Å². The third kappa shape index (κ3) is 3.18. The van der Waals surface area contributed by atoms with Gasteiger partial charge in [-0.3, -0.25) is 4.79 Å². The van der Waals surface area contributed by atoms with E-state index in [9.17, 15) is 9.59 Å². The van der Waals surface area contributed by atoms with Crippen LogP contribution < -0.4 is 0 Å². The van der Waals surface area contributed by atoms with Crippen LogP contribution in [0.2, 0.25) is 0 Å². The third-order valence-electron chi connectivity index (χ3n) is 3.95. The van der Waals surface area contributed by atoms with Gasteiger partial charge in [0.2, 0.25) is 0 Å². The molecule has 0 heterocycles. The Morgan fingerprint density at radius 1 is 1.35 bits per heavy atom. The first kappa shape index (κ1) is 14.6. The van der Waals surface area contributed by atoms with Crippen LogP contribution in [0.4, 0.5) is 0 Å². The summed E-state index contributed by atoms with van der Waals surface area (Å²) in [4.78, 5) is 25.4. The fourth-order valence-corrected chi connectivity index (χ4v) is 2.39. The maximum absolute atomic E-state index is 12.6. The highest BCUT2D eigenvalue weighted by molar-refractivity contribution is 5.97. The minimum atomic E-state index is -1.01. The average Bonchev–Trinajstić information content (AvgIpc) is 3.10. The van der Waals surface area contributed by atoms with Crippen molar-refractivity contribution < 1.29 is 14.7 Å². The zero-order valence-electron chi connectivity index (χ0n) is 12.2. The molecule has 4 heteroatoms. The lowest BCUT2D eigenvalue weighted by atomic mass is 10.1. The van der Waals surface area contributed by atoms with Crippen molar-refractivity contribution in [3.05, 3.63) is 35.4 Å². The molecular formula is C16H21NO3. The molecule has 0 unspecified atom stereocenters. The number of carboxylic acid groups (broad SMARTS) is 1. The second-order valence-corrected chi connectivity index (χ2v) is 5.91. The number of nitrogens with zero attached hydrogens (tertiary/aromatic N) is 1. The van der Waals surface area contributed by atoms with Crippen LogP contribution in [0, 0.1) is 11.8 Å². The first-order valence-electron chi connectivity index (χ1n) is 7.04. The van der Waals surface area contributed by atoms with E-state index in [-0.39, 0.29) is 17.5 Å². The zero-order chi connectivity index (χ0) is 14.9. The average molecular weight is 275 g/mol. The summed E-state index contributed by atoms with van der Waals surface area (Å²) in [7, 11) is 0. The molecule has 0 saturated heterocycles. The maximum atomic E-state index is 12.6. The fourth-order valence-electron chi connectivity index (χ4n) is 2.39. The molecule has 1 aromatic carbocycles. The number of hydrogen-bond donors (Lipinski definition) is 1. The molecular weight excluding hydrogens is 254 g/mol. The van der Waals surface area contributed by atoms with Crippen molar-refractivity contribution in [3.8, 4) is 0 Å². The van der Waals surface area contributed by atoms with Crippen LogP contribution in [0.5, 0.6) is 0 Å². The molecule has 1 amide bonds. The number of carbonyl (C=O) groups excluding carboxylic acids is 1. The van der Waals surface area contributed by atoms with Crippen molar-refractivity contribution in [2.45, 2.75) is 33.2 Å². The largest absolute Gasteiger partial charge is 0.478 e. The lowest BCUT2D eigenvalue weighted by Crippen LogP contribution is -2.38. The van der Waals surface area contributed by atoms with Gasteiger partial charge in [-0.25, -0.2) is 4.79 Å². The molecule has 2 rings (SSSR count). The SMILES string of the molecule is CC(C)N(C[C@@H]1C[C@@H]1C)C(=O)c1cccc(C(=O)O)c1. The highest BCUT2D eigenvalue weighted by Crippen LogP contribution is 2.38. The zero-order valence-corrected chi connectivity index (χ0v) is 12.2. The summed E-state index contributed by atoms with van der Waals surface area (Å²) in [5.41, 5.74) is 0.603. The molecule has 1 aromatic rings. The predicted molar refractivity (Wildman–Crippen MR) is 76.8 cm³/mol. The Morgan fingerprint density at radius 2 is 1.95 bits per heavy atom. The summed E-state index contributed by atoms with van der Waals surface area (Å²) >= 11 is 0. The van der Waals surface area contributed by atoms with Crippen LogP contribution in [-0.2, 0) is 0 Å². The Hall–Kier alpha value is -1.84. The van der Waals surface area contributed by atoms with Crippen LogP contribution in [-0.4, -0.2) is 34.5 Å². The quantitative estimate of drug-likeness (QED) is 0.899. The molecule has 2 atom stereocenters. The molecule has 0 aromatic heterocycles. The minimum Gasteiger partial charge on any atom is -0.478 e. The van der Waals surface area contributed by atoms with Gasteiger partial charge in [0.25, 0.3) is 5.91 Å². The summed E-state index contributed by atoms with van der Waals surface area (Å²) in [5, 5.41) is 9.00. The number of rotatable bonds is 5. The van der Waals surface area contributed by atoms with E-state index >= 15 is 0 Å². The van der Waals surface area contributed by atoms with Gasteiger partial charge in [0.05, 0.1) is 5.56 Å². The third-order valence-corrected chi connectivity index (χ3v) is 3.95. The molecule has 1 aliphatic carbocycles. The highest BCUT2D eigenvalue weighted by Gasteiger charge is 2.36. The van der Waals surface area contributed by atoms with Crippen LogP contribution in [0.15, 0.2) is 24.3 Å². The minimum absolute atomic E-state index is 0.0813. The summed E-state index contributed by atoms with van der Waals surface area (Å²) < 4.78 is 0. The van der Waals surface area contributed by atoms with Crippen molar-refractivity contribution in [3.63, 3.8) is 0 Å². The van der Waals surface area contributed by atoms with E-state index in [1.54, 1.807) is 12.1 Å². The van der Waals surface area contributed by atoms with Crippen LogP contribution in [0.3, 0.4) is 0 Å². The topological polar surface area (TPSA) is 57.6 Å². The lowest BCUT2D eigenvalue weighted by molar-refractivity contribution is 0.0693. The molecule has 1 fully saturated rings. The van der Waals surface area contributed by atoms with Crippen molar-refractivity contribution in [2.75, 3.05) is 6.54 Å². The van der Waals surface area contributed by atoms with Gasteiger partial charge in [-0.15, -0.1) is 0 Å². The van der Waals surface area contributed by atoms with E-state index in [2.05, 4.69) is 6.92 Å². The van der Waals surface area contributed by atoms with Gasteiger partial charge in [0.15, 0.2) is 0 Å². The second kappa shape index (κ2) is 5.65. The van der Waals surface area contributed by atoms with E-state index in [1.165, 1.54) is 18.6 Å². The van der Waals surface area contributed by atoms with E-state index < -0.39 is 5.97 Å². The van der Waals surface area contributed by atoms with Crippen LogP contribution in [0.25, 0.3) is 0 Å². The highest BCUT2D eigenvalue weighted by atomic mass is 16.4. The van der Waals surface area contributed by atoms with Gasteiger partial charge in [0, 0.05) is 18.2 Å². The van der Waals surface area contributed by atoms with E-state index in [0.717, 1.165) is 6.54 Å². The summed E-state index contributed by atoms with van der Waals surface area (Å²) in [6, 6.07) is 6.37. The Kier molecular flexibility index (Phi) is 4.12. The Labute approximate surface area is 119 Å². The number of amides is 1. The van der Waals surface area contributed by atoms with Gasteiger partial charge in [-0.2, -0.15) is 0 Å². The van der Waals surface area contributed by atoms with Crippen LogP contribution in [0.1, 0.15) is 47.9 Å². The van der Waals surface area contributed by atoms with Gasteiger partial charge in [-0.05, 0) is 50.3 Å². The monoisotopic (exact) mass is 275 g/mol. The molecule has 0 radical (unpaired) electrons. The molecule has 1 aliphatic rings. The van der Waals surface area contributed by atoms with Gasteiger partial charge in [-0.1, -0.05) is 13.0 Å². The standard InChI is InChI=1S/C16H21NO3/c1-10(2)17(9-14-7-11(14)3)15(18)12-5-4-6-13(8-12)16(19)20/h4-6,8,10-11,14H,7,9H2,1-3H3,(H,19,20)/t11-,14-/m0/s1. The Bertz CT molecular complexity index is 524. The van der Waals surface area contributed by atoms with Gasteiger partial charge >= 0.3 is 5.97 Å². The molecule has 0 spiro atoms. The molecule has 0 bridgehead atoms. The lowest BCUT2D eigenvalue weighted by Gasteiger charge is -2.27. The van der Waals surface area contributed by atoms with E-state index in [0.29, 0.717) is 17.4 Å². The molecule has 4 nitrogen and oxygen atoms in total. The number of carboxylic acids is 1. The number of aromatic carboxylic acids is 1. The van der Waals surface area contributed by atoms with Gasteiger partial charge < -0.3 is 10.0 Å². The first-order valence-corrected chi connectivity index (χ1v) is 7.04. The molecule has 0 aliphatic heterocycles. The Morgan fingerprint density at radius 3 is 2.45 bits per heavy atom. The summed E-state index contributed by atoms with van der Waals surface area (Å²) in [5.74, 6) is 0.187. The molecule has 20 heavy (non-hydrogen) atoms. The van der Waals surface area contributed by atoms with E-state index in [4.69, 9.17) is 5.11 Å². The predicted octanol–water partition coefficient (Wildman–Crippen LogP) is 2.89. The normalized spacial score (nSPS) is 20.8. The maximum Gasteiger partial charge on any atom is 0.335 e. The molecule has 108 valence electrons. The fraction of sp³-hybridized carbons (Fsp3) is 0.500. The summed E-state index contributed by atoms with van der Waals surface area (Å²) in [6.07, 6.45) is 1.17. The summed E-state index contributed by atoms with van der Waals surface area (Å²) in [6.45, 7) is 6.94. The molecule has 1 saturated carbocycles. The van der Waals surface area contributed by atoms with E-state index in [1.807, 2.05) is 18.7 Å². The number of benzene rings is 1. The molecule has 1 N–H and O–H groups in total. The van der Waals surface area contributed by atoms with Crippen molar-refractivity contribution in [2.24, 2.45) is 11.8 Å².